The van der Waals surface area contributed by atoms with Crippen molar-refractivity contribution >= 4 is 5.96 Å². The highest BCUT2D eigenvalue weighted by molar-refractivity contribution is 5.79. The molecule has 142 valence electrons. The van der Waals surface area contributed by atoms with Crippen molar-refractivity contribution in [2.75, 3.05) is 79.8 Å². The highest BCUT2D eigenvalue weighted by Crippen LogP contribution is 2.16. The van der Waals surface area contributed by atoms with E-state index in [2.05, 4.69) is 48.3 Å². The minimum Gasteiger partial charge on any atom is -0.383 e. The minimum atomic E-state index is 0.0430. The van der Waals surface area contributed by atoms with Gasteiger partial charge in [-0.15, -0.1) is 0 Å². The van der Waals surface area contributed by atoms with E-state index in [-0.39, 0.29) is 5.54 Å². The van der Waals surface area contributed by atoms with Crippen LogP contribution in [0, 0.1) is 0 Å². The number of hydrogen-bond donors (Lipinski definition) is 2. The highest BCUT2D eigenvalue weighted by Gasteiger charge is 2.28. The van der Waals surface area contributed by atoms with Gasteiger partial charge in [0.05, 0.1) is 26.4 Å². The zero-order valence-electron chi connectivity index (χ0n) is 16.2. The van der Waals surface area contributed by atoms with E-state index in [0.717, 1.165) is 71.6 Å². The van der Waals surface area contributed by atoms with E-state index in [1.807, 2.05) is 0 Å². The monoisotopic (exact) mass is 343 g/mol. The molecular weight excluding hydrogens is 306 g/mol. The molecule has 0 aromatic carbocycles. The van der Waals surface area contributed by atoms with Gasteiger partial charge in [0, 0.05) is 51.9 Å². The van der Waals surface area contributed by atoms with Crippen molar-refractivity contribution in [1.29, 1.82) is 0 Å². The summed E-state index contributed by atoms with van der Waals surface area (Å²) in [6.07, 6.45) is 0. The first kappa shape index (κ1) is 21.2. The third kappa shape index (κ3) is 8.28. The number of methoxy groups -OCH3 is 1. The second kappa shape index (κ2) is 11.6. The van der Waals surface area contributed by atoms with Crippen LogP contribution in [0.2, 0.25) is 0 Å². The number of ether oxygens (including phenoxy) is 2. The molecule has 2 N–H and O–H groups in total. The molecule has 0 bridgehead atoms. The lowest BCUT2D eigenvalue weighted by Gasteiger charge is -2.39. The fourth-order valence-corrected chi connectivity index (χ4v) is 2.61. The summed E-state index contributed by atoms with van der Waals surface area (Å²) in [7, 11) is 3.84. The topological polar surface area (TPSA) is 61.4 Å². The van der Waals surface area contributed by atoms with Gasteiger partial charge in [-0.1, -0.05) is 0 Å². The van der Waals surface area contributed by atoms with Crippen LogP contribution in [-0.2, 0) is 9.47 Å². The Bertz CT molecular complexity index is 357. The Hall–Kier alpha value is -0.890. The highest BCUT2D eigenvalue weighted by atomic mass is 16.5. The van der Waals surface area contributed by atoms with E-state index in [9.17, 15) is 0 Å². The summed E-state index contributed by atoms with van der Waals surface area (Å²) in [6, 6.07) is 0. The molecule has 7 heteroatoms. The number of likely N-dealkylation sites (N-methyl/N-ethyl adjacent to an activating group) is 1. The summed E-state index contributed by atoms with van der Waals surface area (Å²) in [5.41, 5.74) is 0.0430. The number of aliphatic imine (C=N–C) groups is 1. The molecule has 0 radical (unpaired) electrons. The van der Waals surface area contributed by atoms with Crippen LogP contribution >= 0.6 is 0 Å². The molecule has 0 aromatic rings. The number of nitrogens with one attached hydrogen (secondary N) is 2. The van der Waals surface area contributed by atoms with Gasteiger partial charge in [0.15, 0.2) is 5.96 Å². The first-order valence-corrected chi connectivity index (χ1v) is 9.02. The van der Waals surface area contributed by atoms with Crippen molar-refractivity contribution in [3.63, 3.8) is 0 Å². The van der Waals surface area contributed by atoms with Gasteiger partial charge in [0.2, 0.25) is 0 Å². The van der Waals surface area contributed by atoms with Gasteiger partial charge in [-0.3, -0.25) is 9.89 Å². The fourth-order valence-electron chi connectivity index (χ4n) is 2.61. The lowest BCUT2D eigenvalue weighted by molar-refractivity contribution is -0.00683. The van der Waals surface area contributed by atoms with Gasteiger partial charge in [-0.05, 0) is 27.8 Å². The van der Waals surface area contributed by atoms with Crippen molar-refractivity contribution in [1.82, 2.24) is 20.4 Å². The Morgan fingerprint density at radius 1 is 1.25 bits per heavy atom. The zero-order valence-corrected chi connectivity index (χ0v) is 16.2. The molecule has 1 heterocycles. The maximum absolute atomic E-state index is 5.45. The Labute approximate surface area is 147 Å². The van der Waals surface area contributed by atoms with Crippen LogP contribution in [0.4, 0.5) is 0 Å². The van der Waals surface area contributed by atoms with Crippen molar-refractivity contribution in [2.45, 2.75) is 26.3 Å². The Kier molecular flexibility index (Phi) is 10.2. The molecule has 7 nitrogen and oxygen atoms in total. The number of morpholine rings is 1. The normalized spacial score (nSPS) is 17.3. The standard InChI is InChI=1S/C17H37N5O2/c1-6-18-16(19-7-8-21(4)9-12-23-5)20-15-17(2,3)22-10-13-24-14-11-22/h6-15H2,1-5H3,(H2,18,19,20). The van der Waals surface area contributed by atoms with Crippen LogP contribution < -0.4 is 10.6 Å². The summed E-state index contributed by atoms with van der Waals surface area (Å²) < 4.78 is 10.5. The van der Waals surface area contributed by atoms with Crippen LogP contribution in [-0.4, -0.2) is 101 Å². The van der Waals surface area contributed by atoms with Crippen LogP contribution in [0.5, 0.6) is 0 Å². The van der Waals surface area contributed by atoms with E-state index in [4.69, 9.17) is 14.5 Å². The summed E-state index contributed by atoms with van der Waals surface area (Å²) in [6.45, 7) is 15.4. The van der Waals surface area contributed by atoms with Gasteiger partial charge in [0.1, 0.15) is 0 Å². The van der Waals surface area contributed by atoms with Crippen LogP contribution in [0.25, 0.3) is 0 Å². The van der Waals surface area contributed by atoms with Crippen LogP contribution in [0.1, 0.15) is 20.8 Å². The van der Waals surface area contributed by atoms with E-state index >= 15 is 0 Å². The van der Waals surface area contributed by atoms with Crippen molar-refractivity contribution in [3.8, 4) is 0 Å². The van der Waals surface area contributed by atoms with Crippen molar-refractivity contribution < 1.29 is 9.47 Å². The molecule has 1 saturated heterocycles. The molecule has 0 spiro atoms. The number of nitrogens with zero attached hydrogens (tertiary/aromatic N) is 3. The number of guanidine groups is 1. The molecule has 0 unspecified atom stereocenters. The predicted molar refractivity (Wildman–Crippen MR) is 99.8 cm³/mol. The van der Waals surface area contributed by atoms with E-state index in [0.29, 0.717) is 0 Å². The summed E-state index contributed by atoms with van der Waals surface area (Å²) in [4.78, 5) is 9.50. The lowest BCUT2D eigenvalue weighted by Crippen LogP contribution is -2.52. The Balaban J connectivity index is 2.43. The van der Waals surface area contributed by atoms with Gasteiger partial charge in [0.25, 0.3) is 0 Å². The summed E-state index contributed by atoms with van der Waals surface area (Å²) in [5, 5.41) is 6.74. The van der Waals surface area contributed by atoms with Crippen molar-refractivity contribution in [2.24, 2.45) is 4.99 Å². The lowest BCUT2D eigenvalue weighted by atomic mass is 10.0. The molecule has 0 amide bonds. The van der Waals surface area contributed by atoms with Gasteiger partial charge < -0.3 is 25.0 Å². The van der Waals surface area contributed by atoms with E-state index < -0.39 is 0 Å². The minimum absolute atomic E-state index is 0.0430. The molecule has 1 aliphatic rings. The van der Waals surface area contributed by atoms with Gasteiger partial charge in [-0.2, -0.15) is 0 Å². The third-order valence-corrected chi connectivity index (χ3v) is 4.30. The maximum Gasteiger partial charge on any atom is 0.191 e. The molecular formula is C17H37N5O2. The van der Waals surface area contributed by atoms with E-state index in [1.165, 1.54) is 0 Å². The van der Waals surface area contributed by atoms with E-state index in [1.54, 1.807) is 7.11 Å². The zero-order chi connectivity index (χ0) is 17.8. The predicted octanol–water partition coefficient (Wildman–Crippen LogP) is 0.231. The first-order valence-electron chi connectivity index (χ1n) is 9.02. The van der Waals surface area contributed by atoms with Gasteiger partial charge >= 0.3 is 0 Å². The molecule has 1 fully saturated rings. The molecule has 0 aliphatic carbocycles. The van der Waals surface area contributed by atoms with Crippen molar-refractivity contribution in [3.05, 3.63) is 0 Å². The SMILES string of the molecule is CCNC(=NCC(C)(C)N1CCOCC1)NCCN(C)CCOC. The molecule has 0 saturated carbocycles. The average Bonchev–Trinajstić information content (AvgIpc) is 2.58. The Morgan fingerprint density at radius 2 is 1.96 bits per heavy atom. The second-order valence-electron chi connectivity index (χ2n) is 6.83. The molecule has 0 atom stereocenters. The smallest absolute Gasteiger partial charge is 0.191 e. The second-order valence-corrected chi connectivity index (χ2v) is 6.83. The number of hydrogen-bond acceptors (Lipinski definition) is 5. The first-order chi connectivity index (χ1) is 11.5. The third-order valence-electron chi connectivity index (χ3n) is 4.30. The summed E-state index contributed by atoms with van der Waals surface area (Å²) in [5.74, 6) is 0.888. The van der Waals surface area contributed by atoms with Crippen LogP contribution in [0.15, 0.2) is 4.99 Å². The maximum atomic E-state index is 5.45. The number of rotatable bonds is 10. The fraction of sp³-hybridized carbons (Fsp3) is 0.941. The average molecular weight is 344 g/mol. The molecule has 0 aromatic heterocycles. The molecule has 24 heavy (non-hydrogen) atoms. The Morgan fingerprint density at radius 3 is 2.58 bits per heavy atom. The summed E-state index contributed by atoms with van der Waals surface area (Å²) >= 11 is 0. The van der Waals surface area contributed by atoms with Crippen LogP contribution in [0.3, 0.4) is 0 Å². The molecule has 1 aliphatic heterocycles. The molecule has 1 rings (SSSR count). The van der Waals surface area contributed by atoms with Gasteiger partial charge in [-0.25, -0.2) is 0 Å². The quantitative estimate of drug-likeness (QED) is 0.437. The largest absolute Gasteiger partial charge is 0.383 e.